The lowest BCUT2D eigenvalue weighted by Crippen LogP contribution is -2.38. The van der Waals surface area contributed by atoms with Crippen LogP contribution in [-0.4, -0.2) is 34.1 Å². The molecule has 1 aliphatic heterocycles. The lowest BCUT2D eigenvalue weighted by molar-refractivity contribution is 0.315. The third-order valence-corrected chi connectivity index (χ3v) is 4.92. The predicted octanol–water partition coefficient (Wildman–Crippen LogP) is 2.89. The molecule has 120 valence electrons. The van der Waals surface area contributed by atoms with Gasteiger partial charge in [-0.1, -0.05) is 19.3 Å². The fourth-order valence-corrected chi connectivity index (χ4v) is 3.47. The Labute approximate surface area is 137 Å². The molecule has 0 spiro atoms. The zero-order chi connectivity index (χ0) is 14.1. The maximum atomic E-state index is 4.51. The average molecular weight is 322 g/mol. The smallest absolute Gasteiger partial charge is 0.143 e. The number of nitrogens with zero attached hydrogens (tertiary/aromatic N) is 2. The van der Waals surface area contributed by atoms with Gasteiger partial charge >= 0.3 is 0 Å². The van der Waals surface area contributed by atoms with Crippen molar-refractivity contribution in [2.75, 3.05) is 18.4 Å². The van der Waals surface area contributed by atoms with Gasteiger partial charge in [0.2, 0.25) is 0 Å². The van der Waals surface area contributed by atoms with Gasteiger partial charge in [-0.15, -0.1) is 12.4 Å². The van der Waals surface area contributed by atoms with E-state index in [4.69, 9.17) is 0 Å². The molecule has 2 aliphatic rings. The maximum absolute atomic E-state index is 4.51. The van der Waals surface area contributed by atoms with Crippen molar-refractivity contribution in [3.63, 3.8) is 0 Å². The van der Waals surface area contributed by atoms with Crippen molar-refractivity contribution in [1.82, 2.24) is 20.3 Å². The Morgan fingerprint density at radius 2 is 2.09 bits per heavy atom. The molecule has 5 nitrogen and oxygen atoms in total. The van der Waals surface area contributed by atoms with E-state index in [9.17, 15) is 0 Å². The summed E-state index contributed by atoms with van der Waals surface area (Å²) in [6, 6.07) is 0.475. The second kappa shape index (κ2) is 6.84. The van der Waals surface area contributed by atoms with Gasteiger partial charge in [0.15, 0.2) is 0 Å². The number of halogens is 1. The normalized spacial score (nSPS) is 22.1. The minimum atomic E-state index is 0. The number of hydrogen-bond acceptors (Lipinski definition) is 4. The highest BCUT2D eigenvalue weighted by Gasteiger charge is 2.22. The number of anilines is 1. The van der Waals surface area contributed by atoms with Crippen molar-refractivity contribution >= 4 is 29.3 Å². The molecule has 3 heterocycles. The molecule has 0 bridgehead atoms. The lowest BCUT2D eigenvalue weighted by atomic mass is 9.81. The van der Waals surface area contributed by atoms with Gasteiger partial charge in [-0.05, 0) is 37.3 Å². The van der Waals surface area contributed by atoms with E-state index >= 15 is 0 Å². The summed E-state index contributed by atoms with van der Waals surface area (Å²) < 4.78 is 0. The molecule has 4 rings (SSSR count). The van der Waals surface area contributed by atoms with Crippen LogP contribution in [0.25, 0.3) is 11.0 Å². The second-order valence-corrected chi connectivity index (χ2v) is 6.45. The van der Waals surface area contributed by atoms with Crippen LogP contribution < -0.4 is 10.6 Å². The Kier molecular flexibility index (Phi) is 4.84. The second-order valence-electron chi connectivity index (χ2n) is 6.45. The van der Waals surface area contributed by atoms with Crippen LogP contribution in [0.15, 0.2) is 12.5 Å². The number of H-pyrrole nitrogens is 1. The number of fused-ring (bicyclic) bond motifs is 1. The van der Waals surface area contributed by atoms with E-state index < -0.39 is 0 Å². The first kappa shape index (κ1) is 15.6. The summed E-state index contributed by atoms with van der Waals surface area (Å²) in [4.78, 5) is 12.2. The number of aromatic nitrogens is 3. The molecule has 2 aromatic rings. The first-order chi connectivity index (χ1) is 10.4. The Bertz CT molecular complexity index is 616. The zero-order valence-corrected chi connectivity index (χ0v) is 13.6. The minimum absolute atomic E-state index is 0. The summed E-state index contributed by atoms with van der Waals surface area (Å²) in [5.74, 6) is 1.86. The Morgan fingerprint density at radius 1 is 1.18 bits per heavy atom. The number of rotatable bonds is 4. The third kappa shape index (κ3) is 3.06. The van der Waals surface area contributed by atoms with E-state index in [-0.39, 0.29) is 12.4 Å². The van der Waals surface area contributed by atoms with Crippen LogP contribution >= 0.6 is 12.4 Å². The number of piperidine rings is 1. The summed E-state index contributed by atoms with van der Waals surface area (Å²) >= 11 is 0. The van der Waals surface area contributed by atoms with Crippen LogP contribution in [0, 0.1) is 5.92 Å². The zero-order valence-electron chi connectivity index (χ0n) is 12.8. The molecule has 1 atom stereocenters. The van der Waals surface area contributed by atoms with E-state index in [1.54, 1.807) is 6.33 Å². The van der Waals surface area contributed by atoms with Crippen LogP contribution in [0.2, 0.25) is 0 Å². The van der Waals surface area contributed by atoms with Gasteiger partial charge < -0.3 is 15.6 Å². The van der Waals surface area contributed by atoms with E-state index in [0.717, 1.165) is 36.9 Å². The molecular formula is C16H24ClN5. The SMILES string of the molecule is Cl.c1nc(N[C@@H]2CCCNC2)c2c(CC3CCC3)c[nH]c2n1. The molecule has 0 radical (unpaired) electrons. The van der Waals surface area contributed by atoms with Crippen molar-refractivity contribution in [3.05, 3.63) is 18.1 Å². The molecule has 0 unspecified atom stereocenters. The number of nitrogens with one attached hydrogen (secondary N) is 3. The molecule has 3 N–H and O–H groups in total. The standard InChI is InChI=1S/C16H23N5.ClH/c1-3-11(4-1)7-12-8-18-15-14(12)16(20-10-19-15)21-13-5-2-6-17-9-13;/h8,10-11,13,17H,1-7,9H2,(H2,18,19,20,21);1H/t13-;/m1./s1. The first-order valence-electron chi connectivity index (χ1n) is 8.18. The molecule has 22 heavy (non-hydrogen) atoms. The molecule has 1 saturated carbocycles. The van der Waals surface area contributed by atoms with Crippen molar-refractivity contribution in [3.8, 4) is 0 Å². The topological polar surface area (TPSA) is 65.6 Å². The van der Waals surface area contributed by atoms with E-state index in [1.807, 2.05) is 0 Å². The number of aromatic amines is 1. The van der Waals surface area contributed by atoms with Crippen molar-refractivity contribution in [2.45, 2.75) is 44.6 Å². The Morgan fingerprint density at radius 3 is 2.82 bits per heavy atom. The van der Waals surface area contributed by atoms with Crippen molar-refractivity contribution in [2.24, 2.45) is 5.92 Å². The highest BCUT2D eigenvalue weighted by molar-refractivity contribution is 5.90. The van der Waals surface area contributed by atoms with Gasteiger partial charge in [0.25, 0.3) is 0 Å². The number of hydrogen-bond donors (Lipinski definition) is 3. The maximum Gasteiger partial charge on any atom is 0.143 e. The van der Waals surface area contributed by atoms with Gasteiger partial charge in [0, 0.05) is 18.8 Å². The quantitative estimate of drug-likeness (QED) is 0.810. The van der Waals surface area contributed by atoms with Gasteiger partial charge in [-0.2, -0.15) is 0 Å². The monoisotopic (exact) mass is 321 g/mol. The Balaban J connectivity index is 0.00000144. The summed E-state index contributed by atoms with van der Waals surface area (Å²) in [5, 5.41) is 8.28. The molecule has 0 amide bonds. The highest BCUT2D eigenvalue weighted by atomic mass is 35.5. The van der Waals surface area contributed by atoms with Gasteiger partial charge in [0.1, 0.15) is 17.8 Å². The van der Waals surface area contributed by atoms with Gasteiger partial charge in [-0.25, -0.2) is 9.97 Å². The summed E-state index contributed by atoms with van der Waals surface area (Å²) in [7, 11) is 0. The fourth-order valence-electron chi connectivity index (χ4n) is 3.47. The molecule has 2 fully saturated rings. The van der Waals surface area contributed by atoms with Crippen LogP contribution in [0.5, 0.6) is 0 Å². The molecule has 1 saturated heterocycles. The van der Waals surface area contributed by atoms with E-state index in [0.29, 0.717) is 6.04 Å². The first-order valence-corrected chi connectivity index (χ1v) is 8.18. The van der Waals surface area contributed by atoms with E-state index in [2.05, 4.69) is 31.8 Å². The fraction of sp³-hybridized carbons (Fsp3) is 0.625. The largest absolute Gasteiger partial charge is 0.365 e. The van der Waals surface area contributed by atoms with E-state index in [1.165, 1.54) is 43.1 Å². The summed E-state index contributed by atoms with van der Waals surface area (Å²) in [6.07, 6.45) is 11.5. The van der Waals surface area contributed by atoms with Crippen molar-refractivity contribution < 1.29 is 0 Å². The van der Waals surface area contributed by atoms with Crippen molar-refractivity contribution in [1.29, 1.82) is 0 Å². The summed E-state index contributed by atoms with van der Waals surface area (Å²) in [5.41, 5.74) is 2.34. The van der Waals surface area contributed by atoms with Crippen LogP contribution in [-0.2, 0) is 6.42 Å². The highest BCUT2D eigenvalue weighted by Crippen LogP contribution is 2.33. The Hall–Kier alpha value is -1.33. The van der Waals surface area contributed by atoms with Crippen LogP contribution in [0.1, 0.15) is 37.7 Å². The lowest BCUT2D eigenvalue weighted by Gasteiger charge is -2.26. The average Bonchev–Trinajstić information content (AvgIpc) is 2.88. The van der Waals surface area contributed by atoms with Crippen LogP contribution in [0.3, 0.4) is 0 Å². The molecule has 2 aromatic heterocycles. The summed E-state index contributed by atoms with van der Waals surface area (Å²) in [6.45, 7) is 2.16. The molecular weight excluding hydrogens is 298 g/mol. The predicted molar refractivity (Wildman–Crippen MR) is 91.7 cm³/mol. The van der Waals surface area contributed by atoms with Gasteiger partial charge in [-0.3, -0.25) is 0 Å². The van der Waals surface area contributed by atoms with Crippen LogP contribution in [0.4, 0.5) is 5.82 Å². The molecule has 0 aromatic carbocycles. The molecule has 1 aliphatic carbocycles. The molecule has 6 heteroatoms. The third-order valence-electron chi connectivity index (χ3n) is 4.92. The van der Waals surface area contributed by atoms with Gasteiger partial charge in [0.05, 0.1) is 5.39 Å². The minimum Gasteiger partial charge on any atom is -0.365 e.